The van der Waals surface area contributed by atoms with E-state index in [1.807, 2.05) is 7.05 Å². The van der Waals surface area contributed by atoms with Gasteiger partial charge in [-0.1, -0.05) is 6.42 Å². The smallest absolute Gasteiger partial charge is 0.109 e. The summed E-state index contributed by atoms with van der Waals surface area (Å²) in [7, 11) is 4.08. The summed E-state index contributed by atoms with van der Waals surface area (Å²) in [6.45, 7) is 5.52. The van der Waals surface area contributed by atoms with E-state index in [0.717, 1.165) is 19.4 Å². The Morgan fingerprint density at radius 3 is 2.75 bits per heavy atom. The quantitative estimate of drug-likeness (QED) is 0.775. The Morgan fingerprint density at radius 1 is 1.56 bits per heavy atom. The number of rotatable bonds is 5. The second-order valence-corrected chi connectivity index (χ2v) is 5.29. The summed E-state index contributed by atoms with van der Waals surface area (Å²) in [5.74, 6) is 0.517. The molecular weight excluding hydrogens is 198 g/mol. The van der Waals surface area contributed by atoms with Gasteiger partial charge in [-0.3, -0.25) is 0 Å². The molecule has 1 fully saturated rings. The molecule has 16 heavy (non-hydrogen) atoms. The lowest BCUT2D eigenvalue weighted by atomic mass is 9.86. The molecule has 3 heteroatoms. The molecule has 0 aliphatic heterocycles. The Labute approximate surface area is 99.8 Å². The molecule has 0 aromatic rings. The zero-order chi connectivity index (χ0) is 12.2. The molecule has 0 heterocycles. The highest BCUT2D eigenvalue weighted by Crippen LogP contribution is 2.37. The number of hydrogen-bond acceptors (Lipinski definition) is 3. The van der Waals surface area contributed by atoms with E-state index in [-0.39, 0.29) is 5.54 Å². The third-order valence-electron chi connectivity index (χ3n) is 4.18. The van der Waals surface area contributed by atoms with E-state index in [9.17, 15) is 5.26 Å². The van der Waals surface area contributed by atoms with Gasteiger partial charge in [0.05, 0.1) is 6.07 Å². The molecule has 0 radical (unpaired) electrons. The number of nitrogens with one attached hydrogen (secondary N) is 1. The van der Waals surface area contributed by atoms with Gasteiger partial charge in [-0.05, 0) is 59.7 Å². The maximum absolute atomic E-state index is 9.34. The summed E-state index contributed by atoms with van der Waals surface area (Å²) in [4.78, 5) is 2.36. The standard InChI is InChI=1S/C13H25N3/c1-11(2)16(4)9-7-12-6-5-8-13(12,10-14)15-3/h11-12,15H,5-9H2,1-4H3. The molecule has 0 spiro atoms. The Balaban J connectivity index is 2.51. The first-order valence-corrected chi connectivity index (χ1v) is 6.36. The molecular formula is C13H25N3. The maximum Gasteiger partial charge on any atom is 0.109 e. The molecule has 1 rings (SSSR count). The first-order valence-electron chi connectivity index (χ1n) is 6.36. The minimum absolute atomic E-state index is 0.252. The van der Waals surface area contributed by atoms with Crippen molar-refractivity contribution in [3.05, 3.63) is 0 Å². The molecule has 0 saturated heterocycles. The van der Waals surface area contributed by atoms with Crippen LogP contribution in [0.15, 0.2) is 0 Å². The van der Waals surface area contributed by atoms with Crippen molar-refractivity contribution in [2.24, 2.45) is 5.92 Å². The highest BCUT2D eigenvalue weighted by atomic mass is 15.1. The third kappa shape index (κ3) is 2.75. The van der Waals surface area contributed by atoms with Gasteiger partial charge in [-0.25, -0.2) is 0 Å². The summed E-state index contributed by atoms with van der Waals surface area (Å²) >= 11 is 0. The summed E-state index contributed by atoms with van der Waals surface area (Å²) in [6.07, 6.45) is 4.52. The van der Waals surface area contributed by atoms with Crippen molar-refractivity contribution in [1.82, 2.24) is 10.2 Å². The van der Waals surface area contributed by atoms with Crippen LogP contribution in [0.25, 0.3) is 0 Å². The Kier molecular flexibility index (Phi) is 4.76. The fourth-order valence-corrected chi connectivity index (χ4v) is 2.62. The average Bonchev–Trinajstić information content (AvgIpc) is 2.69. The molecule has 0 amide bonds. The Morgan fingerprint density at radius 2 is 2.25 bits per heavy atom. The van der Waals surface area contributed by atoms with Gasteiger partial charge in [-0.15, -0.1) is 0 Å². The molecule has 3 nitrogen and oxygen atoms in total. The van der Waals surface area contributed by atoms with E-state index < -0.39 is 0 Å². The van der Waals surface area contributed by atoms with Gasteiger partial charge in [0.15, 0.2) is 0 Å². The van der Waals surface area contributed by atoms with Gasteiger partial charge in [0.1, 0.15) is 5.54 Å². The molecule has 92 valence electrons. The molecule has 0 aromatic heterocycles. The zero-order valence-corrected chi connectivity index (χ0v) is 11.1. The van der Waals surface area contributed by atoms with Gasteiger partial charge in [0, 0.05) is 6.04 Å². The molecule has 2 atom stereocenters. The topological polar surface area (TPSA) is 39.1 Å². The van der Waals surface area contributed by atoms with E-state index in [1.165, 1.54) is 12.8 Å². The Hall–Kier alpha value is -0.590. The summed E-state index contributed by atoms with van der Waals surface area (Å²) in [5, 5.41) is 12.6. The maximum atomic E-state index is 9.34. The third-order valence-corrected chi connectivity index (χ3v) is 4.18. The zero-order valence-electron chi connectivity index (χ0n) is 11.1. The SMILES string of the molecule is CNC1(C#N)CCCC1CCN(C)C(C)C. The van der Waals surface area contributed by atoms with Gasteiger partial charge < -0.3 is 10.2 Å². The van der Waals surface area contributed by atoms with E-state index in [0.29, 0.717) is 12.0 Å². The van der Waals surface area contributed by atoms with Crippen LogP contribution in [0.4, 0.5) is 0 Å². The van der Waals surface area contributed by atoms with Gasteiger partial charge in [0.25, 0.3) is 0 Å². The van der Waals surface area contributed by atoms with Gasteiger partial charge in [-0.2, -0.15) is 5.26 Å². The second kappa shape index (κ2) is 5.65. The van der Waals surface area contributed by atoms with Crippen LogP contribution >= 0.6 is 0 Å². The van der Waals surface area contributed by atoms with Crippen molar-refractivity contribution in [2.75, 3.05) is 20.6 Å². The molecule has 1 saturated carbocycles. The average molecular weight is 223 g/mol. The van der Waals surface area contributed by atoms with Crippen LogP contribution < -0.4 is 5.32 Å². The van der Waals surface area contributed by atoms with Crippen LogP contribution in [0.3, 0.4) is 0 Å². The van der Waals surface area contributed by atoms with Gasteiger partial charge in [0.2, 0.25) is 0 Å². The molecule has 1 aliphatic carbocycles. The summed E-state index contributed by atoms with van der Waals surface area (Å²) in [5.41, 5.74) is -0.252. The van der Waals surface area contributed by atoms with E-state index in [1.54, 1.807) is 0 Å². The predicted molar refractivity (Wildman–Crippen MR) is 67.1 cm³/mol. The van der Waals surface area contributed by atoms with Crippen LogP contribution in [0.5, 0.6) is 0 Å². The molecule has 2 unspecified atom stereocenters. The highest BCUT2D eigenvalue weighted by molar-refractivity contribution is 5.13. The van der Waals surface area contributed by atoms with E-state index in [2.05, 4.69) is 37.2 Å². The Bertz CT molecular complexity index is 256. The molecule has 1 aliphatic rings. The van der Waals surface area contributed by atoms with Crippen molar-refractivity contribution in [1.29, 1.82) is 5.26 Å². The largest absolute Gasteiger partial charge is 0.304 e. The highest BCUT2D eigenvalue weighted by Gasteiger charge is 2.41. The second-order valence-electron chi connectivity index (χ2n) is 5.29. The lowest BCUT2D eigenvalue weighted by Gasteiger charge is -2.30. The van der Waals surface area contributed by atoms with Crippen molar-refractivity contribution in [2.45, 2.75) is 51.1 Å². The lowest BCUT2D eigenvalue weighted by molar-refractivity contribution is 0.226. The summed E-state index contributed by atoms with van der Waals surface area (Å²) < 4.78 is 0. The normalized spacial score (nSPS) is 29.9. The van der Waals surface area contributed by atoms with E-state index >= 15 is 0 Å². The predicted octanol–water partition coefficient (Wildman–Crippen LogP) is 2.00. The van der Waals surface area contributed by atoms with Crippen molar-refractivity contribution in [3.8, 4) is 6.07 Å². The number of nitrogens with zero attached hydrogens (tertiary/aromatic N) is 2. The van der Waals surface area contributed by atoms with Crippen molar-refractivity contribution >= 4 is 0 Å². The number of nitriles is 1. The van der Waals surface area contributed by atoms with Crippen LogP contribution in [-0.4, -0.2) is 37.1 Å². The minimum Gasteiger partial charge on any atom is -0.304 e. The number of hydrogen-bond donors (Lipinski definition) is 1. The molecule has 1 N–H and O–H groups in total. The minimum atomic E-state index is -0.252. The molecule has 0 aromatic carbocycles. The fraction of sp³-hybridized carbons (Fsp3) is 0.923. The first kappa shape index (κ1) is 13.5. The first-order chi connectivity index (χ1) is 7.55. The van der Waals surface area contributed by atoms with Crippen LogP contribution in [0, 0.1) is 17.2 Å². The fourth-order valence-electron chi connectivity index (χ4n) is 2.62. The van der Waals surface area contributed by atoms with Crippen LogP contribution in [-0.2, 0) is 0 Å². The van der Waals surface area contributed by atoms with Crippen LogP contribution in [0.2, 0.25) is 0 Å². The van der Waals surface area contributed by atoms with Crippen molar-refractivity contribution < 1.29 is 0 Å². The monoisotopic (exact) mass is 223 g/mol. The van der Waals surface area contributed by atoms with Gasteiger partial charge >= 0.3 is 0 Å². The lowest BCUT2D eigenvalue weighted by Crippen LogP contribution is -2.45. The molecule has 0 bridgehead atoms. The van der Waals surface area contributed by atoms with Crippen LogP contribution in [0.1, 0.15) is 39.5 Å². The van der Waals surface area contributed by atoms with Crippen molar-refractivity contribution in [3.63, 3.8) is 0 Å². The summed E-state index contributed by atoms with van der Waals surface area (Å²) in [6, 6.07) is 3.09. The van der Waals surface area contributed by atoms with E-state index in [4.69, 9.17) is 0 Å².